The molecule has 0 saturated carbocycles. The van der Waals surface area contributed by atoms with Crippen LogP contribution >= 0.6 is 11.3 Å². The number of hydrogen-bond acceptors (Lipinski definition) is 6. The first-order chi connectivity index (χ1) is 7.16. The summed E-state index contributed by atoms with van der Waals surface area (Å²) >= 11 is 1.08. The maximum atomic E-state index is 10.5. The summed E-state index contributed by atoms with van der Waals surface area (Å²) in [6.07, 6.45) is 2.45. The van der Waals surface area contributed by atoms with E-state index in [1.165, 1.54) is 6.20 Å². The van der Waals surface area contributed by atoms with Crippen LogP contribution in [0.5, 0.6) is 0 Å². The van der Waals surface area contributed by atoms with Crippen LogP contribution in [0.25, 0.3) is 0 Å². The zero-order valence-corrected chi connectivity index (χ0v) is 8.81. The highest BCUT2D eigenvalue weighted by molar-refractivity contribution is 7.18. The quantitative estimate of drug-likeness (QED) is 0.604. The van der Waals surface area contributed by atoms with Gasteiger partial charge in [0.1, 0.15) is 6.20 Å². The van der Waals surface area contributed by atoms with Gasteiger partial charge in [0.2, 0.25) is 0 Å². The lowest BCUT2D eigenvalue weighted by Gasteiger charge is -2.28. The van der Waals surface area contributed by atoms with Crippen molar-refractivity contribution in [2.45, 2.75) is 18.9 Å². The summed E-state index contributed by atoms with van der Waals surface area (Å²) in [5.74, 6) is 0. The molecule has 6 nitrogen and oxygen atoms in total. The molecule has 0 unspecified atom stereocenters. The average Bonchev–Trinajstić information content (AvgIpc) is 2.68. The summed E-state index contributed by atoms with van der Waals surface area (Å²) in [5, 5.41) is 20.5. The van der Waals surface area contributed by atoms with Crippen LogP contribution in [0.4, 0.5) is 10.1 Å². The molecule has 1 N–H and O–H groups in total. The smallest absolute Gasteiger partial charge is 0.345 e. The number of hydrogen-bond donors (Lipinski definition) is 1. The molecule has 0 aliphatic carbocycles. The monoisotopic (exact) mass is 229 g/mol. The van der Waals surface area contributed by atoms with E-state index in [0.717, 1.165) is 11.3 Å². The van der Waals surface area contributed by atoms with Gasteiger partial charge in [-0.3, -0.25) is 10.1 Å². The molecule has 0 radical (unpaired) electrons. The molecule has 82 valence electrons. The molecule has 1 fully saturated rings. The third-order valence-electron chi connectivity index (χ3n) is 2.40. The average molecular weight is 229 g/mol. The van der Waals surface area contributed by atoms with Crippen LogP contribution in [0.2, 0.25) is 0 Å². The molecule has 1 aliphatic heterocycles. The first-order valence-electron chi connectivity index (χ1n) is 4.70. The second-order valence-corrected chi connectivity index (χ2v) is 4.44. The lowest BCUT2D eigenvalue weighted by molar-refractivity contribution is -0.380. The number of anilines is 1. The second-order valence-electron chi connectivity index (χ2n) is 3.46. The summed E-state index contributed by atoms with van der Waals surface area (Å²) in [5.41, 5.74) is 0. The third kappa shape index (κ3) is 2.24. The van der Waals surface area contributed by atoms with Gasteiger partial charge in [0.15, 0.2) is 5.13 Å². The van der Waals surface area contributed by atoms with Crippen LogP contribution in [0, 0.1) is 10.1 Å². The molecule has 0 atom stereocenters. The maximum Gasteiger partial charge on any atom is 0.345 e. The predicted octanol–water partition coefficient (Wildman–Crippen LogP) is 1.01. The number of thiazole rings is 1. The van der Waals surface area contributed by atoms with Crippen molar-refractivity contribution in [1.82, 2.24) is 4.98 Å². The highest BCUT2D eigenvalue weighted by Gasteiger charge is 2.21. The highest BCUT2D eigenvalue weighted by atomic mass is 32.1. The van der Waals surface area contributed by atoms with Crippen molar-refractivity contribution in [2.75, 3.05) is 18.0 Å². The van der Waals surface area contributed by atoms with E-state index in [-0.39, 0.29) is 11.1 Å². The van der Waals surface area contributed by atoms with Crippen molar-refractivity contribution in [3.63, 3.8) is 0 Å². The number of aliphatic hydroxyl groups is 1. The minimum absolute atomic E-state index is 0.0659. The van der Waals surface area contributed by atoms with Crippen molar-refractivity contribution in [3.05, 3.63) is 16.3 Å². The molecule has 1 aromatic rings. The number of nitro groups is 1. The molecular weight excluding hydrogens is 218 g/mol. The molecule has 0 aromatic carbocycles. The van der Waals surface area contributed by atoms with Crippen molar-refractivity contribution in [2.24, 2.45) is 0 Å². The molecule has 0 spiro atoms. The molecule has 15 heavy (non-hydrogen) atoms. The minimum Gasteiger partial charge on any atom is -0.393 e. The van der Waals surface area contributed by atoms with Gasteiger partial charge >= 0.3 is 5.00 Å². The Labute approximate surface area is 90.3 Å². The minimum atomic E-state index is -0.431. The third-order valence-corrected chi connectivity index (χ3v) is 3.41. The van der Waals surface area contributed by atoms with Gasteiger partial charge in [0, 0.05) is 13.1 Å². The summed E-state index contributed by atoms with van der Waals surface area (Å²) in [7, 11) is 0. The van der Waals surface area contributed by atoms with Gasteiger partial charge in [0.25, 0.3) is 0 Å². The predicted molar refractivity (Wildman–Crippen MR) is 56.2 cm³/mol. The largest absolute Gasteiger partial charge is 0.393 e. The zero-order chi connectivity index (χ0) is 10.8. The molecule has 0 bridgehead atoms. The zero-order valence-electron chi connectivity index (χ0n) is 8.00. The van der Waals surface area contributed by atoms with Crippen molar-refractivity contribution in [1.29, 1.82) is 0 Å². The first kappa shape index (κ1) is 10.3. The van der Waals surface area contributed by atoms with E-state index in [9.17, 15) is 15.2 Å². The Kier molecular flexibility index (Phi) is 2.83. The molecule has 2 rings (SSSR count). The Morgan fingerprint density at radius 3 is 2.80 bits per heavy atom. The number of nitrogens with zero attached hydrogens (tertiary/aromatic N) is 3. The van der Waals surface area contributed by atoms with Crippen molar-refractivity contribution < 1.29 is 10.0 Å². The van der Waals surface area contributed by atoms with Gasteiger partial charge in [0.05, 0.1) is 11.0 Å². The van der Waals surface area contributed by atoms with Crippen molar-refractivity contribution >= 4 is 21.5 Å². The van der Waals surface area contributed by atoms with E-state index < -0.39 is 4.92 Å². The molecule has 2 heterocycles. The molecule has 1 saturated heterocycles. The molecular formula is C8H11N3O3S. The van der Waals surface area contributed by atoms with Crippen LogP contribution in [0.3, 0.4) is 0 Å². The number of aliphatic hydroxyl groups excluding tert-OH is 1. The Hall–Kier alpha value is -1.21. The van der Waals surface area contributed by atoms with Gasteiger partial charge in [-0.05, 0) is 24.2 Å². The second kappa shape index (κ2) is 4.11. The van der Waals surface area contributed by atoms with E-state index in [4.69, 9.17) is 0 Å². The summed E-state index contributed by atoms with van der Waals surface area (Å²) in [6.45, 7) is 1.43. The van der Waals surface area contributed by atoms with E-state index >= 15 is 0 Å². The van der Waals surface area contributed by atoms with Crippen LogP contribution in [0.1, 0.15) is 12.8 Å². The van der Waals surface area contributed by atoms with E-state index in [1.807, 2.05) is 4.90 Å². The number of piperidine rings is 1. The standard InChI is InChI=1S/C8H11N3O3S/c12-6-1-3-10(4-2-6)8-9-5-7(15-8)11(13)14/h5-6,12H,1-4H2. The molecule has 0 amide bonds. The molecule has 1 aromatic heterocycles. The highest BCUT2D eigenvalue weighted by Crippen LogP contribution is 2.29. The fraction of sp³-hybridized carbons (Fsp3) is 0.625. The van der Waals surface area contributed by atoms with Crippen LogP contribution in [-0.2, 0) is 0 Å². The van der Waals surface area contributed by atoms with Crippen LogP contribution in [0.15, 0.2) is 6.20 Å². The molecule has 7 heteroatoms. The Morgan fingerprint density at radius 2 is 2.27 bits per heavy atom. The SMILES string of the molecule is O=[N+]([O-])c1cnc(N2CCC(O)CC2)s1. The summed E-state index contributed by atoms with van der Waals surface area (Å²) < 4.78 is 0. The Bertz CT molecular complexity index is 360. The van der Waals surface area contributed by atoms with E-state index in [1.54, 1.807) is 0 Å². The van der Waals surface area contributed by atoms with Crippen LogP contribution in [-0.4, -0.2) is 34.2 Å². The van der Waals surface area contributed by atoms with Crippen LogP contribution < -0.4 is 4.90 Å². The van der Waals surface area contributed by atoms with Gasteiger partial charge in [-0.15, -0.1) is 0 Å². The van der Waals surface area contributed by atoms with E-state index in [2.05, 4.69) is 4.98 Å². The Balaban J connectivity index is 2.06. The number of rotatable bonds is 2. The maximum absolute atomic E-state index is 10.5. The fourth-order valence-electron chi connectivity index (χ4n) is 1.54. The fourth-order valence-corrected chi connectivity index (χ4v) is 2.33. The van der Waals surface area contributed by atoms with Gasteiger partial charge < -0.3 is 10.0 Å². The topological polar surface area (TPSA) is 79.5 Å². The van der Waals surface area contributed by atoms with E-state index in [0.29, 0.717) is 31.1 Å². The van der Waals surface area contributed by atoms with Crippen molar-refractivity contribution in [3.8, 4) is 0 Å². The number of aromatic nitrogens is 1. The van der Waals surface area contributed by atoms with Gasteiger partial charge in [-0.1, -0.05) is 0 Å². The summed E-state index contributed by atoms with van der Waals surface area (Å²) in [4.78, 5) is 16.0. The normalized spacial score (nSPS) is 18.1. The lowest BCUT2D eigenvalue weighted by Crippen LogP contribution is -2.35. The van der Waals surface area contributed by atoms with Gasteiger partial charge in [-0.25, -0.2) is 4.98 Å². The molecule has 1 aliphatic rings. The summed E-state index contributed by atoms with van der Waals surface area (Å²) in [6, 6.07) is 0. The lowest BCUT2D eigenvalue weighted by atomic mass is 10.1. The Morgan fingerprint density at radius 1 is 1.60 bits per heavy atom. The van der Waals surface area contributed by atoms with Gasteiger partial charge in [-0.2, -0.15) is 0 Å². The first-order valence-corrected chi connectivity index (χ1v) is 5.51.